The van der Waals surface area contributed by atoms with Crippen LogP contribution in [0.25, 0.3) is 0 Å². The Morgan fingerprint density at radius 2 is 2.04 bits per heavy atom. The Bertz CT molecular complexity index is 865. The van der Waals surface area contributed by atoms with E-state index in [4.69, 9.17) is 4.74 Å². The summed E-state index contributed by atoms with van der Waals surface area (Å²) in [6.07, 6.45) is 9.04. The van der Waals surface area contributed by atoms with Crippen molar-refractivity contribution in [3.05, 3.63) is 72.8 Å². The minimum atomic E-state index is -0.0126. The van der Waals surface area contributed by atoms with Crippen LogP contribution in [0.3, 0.4) is 0 Å². The highest BCUT2D eigenvalue weighted by molar-refractivity contribution is 5.97. The first-order chi connectivity index (χ1) is 12.8. The highest BCUT2D eigenvalue weighted by Gasteiger charge is 2.27. The largest absolute Gasteiger partial charge is 0.455 e. The number of para-hydroxylation sites is 1. The summed E-state index contributed by atoms with van der Waals surface area (Å²) in [5.41, 5.74) is 0.567. The molecule has 1 aliphatic rings. The fourth-order valence-corrected chi connectivity index (χ4v) is 3.29. The summed E-state index contributed by atoms with van der Waals surface area (Å²) in [4.78, 5) is 19.1. The van der Waals surface area contributed by atoms with E-state index >= 15 is 0 Å². The maximum absolute atomic E-state index is 13.1. The molecule has 26 heavy (non-hydrogen) atoms. The fraction of sp³-hybridized carbons (Fsp3) is 0.250. The van der Waals surface area contributed by atoms with Gasteiger partial charge in [0.2, 0.25) is 0 Å². The quantitative estimate of drug-likeness (QED) is 0.723. The van der Waals surface area contributed by atoms with Crippen molar-refractivity contribution in [2.24, 2.45) is 0 Å². The number of nitrogens with zero attached hydrogens (tertiary/aromatic N) is 4. The monoisotopic (exact) mass is 348 g/mol. The zero-order valence-corrected chi connectivity index (χ0v) is 14.4. The number of aromatic nitrogens is 3. The van der Waals surface area contributed by atoms with Gasteiger partial charge >= 0.3 is 0 Å². The number of carbonyl (C=O) groups excluding carboxylic acids is 1. The van der Waals surface area contributed by atoms with Crippen LogP contribution in [0.4, 0.5) is 0 Å². The van der Waals surface area contributed by atoms with Gasteiger partial charge < -0.3 is 9.64 Å². The van der Waals surface area contributed by atoms with Crippen molar-refractivity contribution in [3.8, 4) is 11.5 Å². The van der Waals surface area contributed by atoms with Crippen LogP contribution in [0.5, 0.6) is 11.5 Å². The van der Waals surface area contributed by atoms with Crippen molar-refractivity contribution in [2.75, 3.05) is 13.1 Å². The van der Waals surface area contributed by atoms with Gasteiger partial charge in [0.05, 0.1) is 17.8 Å². The van der Waals surface area contributed by atoms with Crippen molar-refractivity contribution in [2.45, 2.75) is 18.9 Å². The highest BCUT2D eigenvalue weighted by Crippen LogP contribution is 2.28. The Kier molecular flexibility index (Phi) is 4.64. The van der Waals surface area contributed by atoms with E-state index in [9.17, 15) is 4.79 Å². The Hall–Kier alpha value is -3.15. The van der Waals surface area contributed by atoms with Crippen molar-refractivity contribution >= 4 is 5.91 Å². The predicted octanol–water partition coefficient (Wildman–Crippen LogP) is 3.55. The Morgan fingerprint density at radius 1 is 1.12 bits per heavy atom. The minimum Gasteiger partial charge on any atom is -0.455 e. The molecule has 1 fully saturated rings. The number of hydrogen-bond donors (Lipinski definition) is 0. The van der Waals surface area contributed by atoms with Gasteiger partial charge in [-0.2, -0.15) is 5.10 Å². The first kappa shape index (κ1) is 16.3. The summed E-state index contributed by atoms with van der Waals surface area (Å²) in [6.45, 7) is 1.40. The van der Waals surface area contributed by atoms with Crippen LogP contribution < -0.4 is 4.74 Å². The molecule has 0 saturated carbocycles. The van der Waals surface area contributed by atoms with Crippen LogP contribution in [-0.2, 0) is 0 Å². The lowest BCUT2D eigenvalue weighted by molar-refractivity contribution is 0.0670. The minimum absolute atomic E-state index is 0.0126. The number of pyridine rings is 1. The molecule has 0 unspecified atom stereocenters. The summed E-state index contributed by atoms with van der Waals surface area (Å²) >= 11 is 0. The molecule has 1 aromatic carbocycles. The van der Waals surface area contributed by atoms with Crippen molar-refractivity contribution in [1.82, 2.24) is 19.7 Å². The second-order valence-electron chi connectivity index (χ2n) is 6.32. The molecule has 6 heteroatoms. The predicted molar refractivity (Wildman–Crippen MR) is 97.2 cm³/mol. The van der Waals surface area contributed by atoms with Gasteiger partial charge in [-0.3, -0.25) is 14.5 Å². The van der Waals surface area contributed by atoms with E-state index in [1.807, 2.05) is 52.2 Å². The van der Waals surface area contributed by atoms with Gasteiger partial charge in [0.25, 0.3) is 5.91 Å². The molecule has 132 valence electrons. The van der Waals surface area contributed by atoms with E-state index in [1.54, 1.807) is 24.7 Å². The molecule has 3 heterocycles. The molecule has 3 aromatic rings. The first-order valence-electron chi connectivity index (χ1n) is 8.76. The molecular weight excluding hydrogens is 328 g/mol. The van der Waals surface area contributed by atoms with Crippen LogP contribution in [0.2, 0.25) is 0 Å². The molecule has 0 aliphatic carbocycles. The summed E-state index contributed by atoms with van der Waals surface area (Å²) < 4.78 is 7.83. The highest BCUT2D eigenvalue weighted by atomic mass is 16.5. The molecule has 1 aliphatic heterocycles. The lowest BCUT2D eigenvalue weighted by atomic mass is 10.0. The van der Waals surface area contributed by atoms with E-state index in [1.165, 1.54) is 0 Å². The van der Waals surface area contributed by atoms with E-state index in [2.05, 4.69) is 10.1 Å². The number of likely N-dealkylation sites (tertiary alicyclic amines) is 1. The lowest BCUT2D eigenvalue weighted by Crippen LogP contribution is -2.40. The van der Waals surface area contributed by atoms with Gasteiger partial charge in [-0.25, -0.2) is 0 Å². The molecule has 0 bridgehead atoms. The normalized spacial score (nSPS) is 17.1. The van der Waals surface area contributed by atoms with Gasteiger partial charge in [0.1, 0.15) is 11.5 Å². The van der Waals surface area contributed by atoms with Gasteiger partial charge in [-0.15, -0.1) is 0 Å². The average molecular weight is 348 g/mol. The molecule has 2 aromatic heterocycles. The Labute approximate surface area is 152 Å². The van der Waals surface area contributed by atoms with Crippen LogP contribution in [0.1, 0.15) is 29.2 Å². The molecule has 0 radical (unpaired) electrons. The zero-order valence-electron chi connectivity index (χ0n) is 14.4. The van der Waals surface area contributed by atoms with E-state index in [0.717, 1.165) is 19.4 Å². The Morgan fingerprint density at radius 3 is 2.85 bits per heavy atom. The van der Waals surface area contributed by atoms with Gasteiger partial charge in [-0.1, -0.05) is 12.1 Å². The van der Waals surface area contributed by atoms with Crippen molar-refractivity contribution < 1.29 is 9.53 Å². The second kappa shape index (κ2) is 7.39. The first-order valence-corrected chi connectivity index (χ1v) is 8.76. The van der Waals surface area contributed by atoms with E-state index in [-0.39, 0.29) is 11.9 Å². The van der Waals surface area contributed by atoms with E-state index < -0.39 is 0 Å². The molecule has 6 nitrogen and oxygen atoms in total. The molecule has 1 amide bonds. The topological polar surface area (TPSA) is 60.2 Å². The summed E-state index contributed by atoms with van der Waals surface area (Å²) in [5.74, 6) is 1.15. The van der Waals surface area contributed by atoms with Gasteiger partial charge in [0.15, 0.2) is 0 Å². The standard InChI is InChI=1S/C20H20N4O2/c25-20(23-12-4-6-16(15-23)24-13-5-11-22-24)18-8-1-2-9-19(18)26-17-7-3-10-21-14-17/h1-3,5,7-11,13-14,16H,4,6,12,15H2/t16-/m1/s1. The Balaban J connectivity index is 1.54. The summed E-state index contributed by atoms with van der Waals surface area (Å²) in [5, 5.41) is 4.33. The molecule has 0 spiro atoms. The number of rotatable bonds is 4. The third-order valence-corrected chi connectivity index (χ3v) is 4.56. The summed E-state index contributed by atoms with van der Waals surface area (Å²) in [7, 11) is 0. The molecular formula is C20H20N4O2. The van der Waals surface area contributed by atoms with Crippen LogP contribution >= 0.6 is 0 Å². The lowest BCUT2D eigenvalue weighted by Gasteiger charge is -2.33. The third kappa shape index (κ3) is 3.44. The molecule has 1 saturated heterocycles. The smallest absolute Gasteiger partial charge is 0.257 e. The number of hydrogen-bond acceptors (Lipinski definition) is 4. The number of carbonyl (C=O) groups is 1. The zero-order chi connectivity index (χ0) is 17.8. The van der Waals surface area contributed by atoms with Crippen LogP contribution in [-0.4, -0.2) is 38.7 Å². The maximum Gasteiger partial charge on any atom is 0.257 e. The number of piperidine rings is 1. The van der Waals surface area contributed by atoms with Crippen molar-refractivity contribution in [3.63, 3.8) is 0 Å². The second-order valence-corrected chi connectivity index (χ2v) is 6.32. The average Bonchev–Trinajstić information content (AvgIpc) is 3.24. The SMILES string of the molecule is O=C(c1ccccc1Oc1cccnc1)N1CCC[C@@H](n2cccn2)C1. The van der Waals surface area contributed by atoms with Gasteiger partial charge in [0, 0.05) is 31.7 Å². The number of ether oxygens (including phenoxy) is 1. The van der Waals surface area contributed by atoms with Crippen LogP contribution in [0.15, 0.2) is 67.3 Å². The molecule has 0 N–H and O–H groups in total. The third-order valence-electron chi connectivity index (χ3n) is 4.56. The molecule has 4 rings (SSSR count). The van der Waals surface area contributed by atoms with Crippen molar-refractivity contribution in [1.29, 1.82) is 0 Å². The van der Waals surface area contributed by atoms with Crippen LogP contribution in [0, 0.1) is 0 Å². The summed E-state index contributed by atoms with van der Waals surface area (Å²) in [6, 6.07) is 13.1. The van der Waals surface area contributed by atoms with E-state index in [0.29, 0.717) is 23.6 Å². The maximum atomic E-state index is 13.1. The number of amides is 1. The molecule has 1 atom stereocenters. The fourth-order valence-electron chi connectivity index (χ4n) is 3.29. The van der Waals surface area contributed by atoms with Gasteiger partial charge in [-0.05, 0) is 43.2 Å². The number of benzene rings is 1.